The third-order valence-corrected chi connectivity index (χ3v) is 2.48. The smallest absolute Gasteiger partial charge is 0.223 e. The number of carbonyl (C=O) groups is 1. The molecule has 0 heterocycles. The van der Waals surface area contributed by atoms with Crippen molar-refractivity contribution in [3.8, 4) is 6.07 Å². The van der Waals surface area contributed by atoms with Gasteiger partial charge in [-0.25, -0.2) is 0 Å². The Kier molecular flexibility index (Phi) is 5.28. The van der Waals surface area contributed by atoms with Crippen LogP contribution >= 0.6 is 11.8 Å². The van der Waals surface area contributed by atoms with E-state index in [0.717, 1.165) is 11.8 Å². The van der Waals surface area contributed by atoms with Gasteiger partial charge in [0.05, 0.1) is 6.07 Å². The SMILES string of the molecule is N#CCC/C=C/SC(=O)c1ccccc1. The summed E-state index contributed by atoms with van der Waals surface area (Å²) >= 11 is 1.15. The van der Waals surface area contributed by atoms with Crippen LogP contribution in [-0.4, -0.2) is 5.12 Å². The first kappa shape index (κ1) is 11.5. The van der Waals surface area contributed by atoms with Gasteiger partial charge in [0.1, 0.15) is 0 Å². The van der Waals surface area contributed by atoms with Gasteiger partial charge in [0.25, 0.3) is 0 Å². The Morgan fingerprint density at radius 3 is 2.80 bits per heavy atom. The van der Waals surface area contributed by atoms with Crippen molar-refractivity contribution < 1.29 is 4.79 Å². The Hall–Kier alpha value is -1.53. The molecule has 0 fully saturated rings. The molecular formula is C12H11NOS. The summed E-state index contributed by atoms with van der Waals surface area (Å²) in [5, 5.41) is 10.1. The molecule has 1 rings (SSSR count). The zero-order valence-electron chi connectivity index (χ0n) is 8.22. The molecule has 0 saturated carbocycles. The number of unbranched alkanes of at least 4 members (excludes halogenated alkanes) is 1. The molecule has 0 aliphatic rings. The molecule has 0 radical (unpaired) electrons. The monoisotopic (exact) mass is 217 g/mol. The third-order valence-electron chi connectivity index (χ3n) is 1.70. The molecule has 0 spiro atoms. The Morgan fingerprint density at radius 1 is 1.40 bits per heavy atom. The van der Waals surface area contributed by atoms with Crippen LogP contribution in [0.5, 0.6) is 0 Å². The van der Waals surface area contributed by atoms with Crippen molar-refractivity contribution in [2.45, 2.75) is 12.8 Å². The molecule has 0 atom stereocenters. The number of allylic oxidation sites excluding steroid dienone is 1. The van der Waals surface area contributed by atoms with Crippen LogP contribution in [0.15, 0.2) is 41.8 Å². The Balaban J connectivity index is 2.38. The predicted octanol–water partition coefficient (Wildman–Crippen LogP) is 3.38. The van der Waals surface area contributed by atoms with E-state index in [1.165, 1.54) is 0 Å². The van der Waals surface area contributed by atoms with Gasteiger partial charge >= 0.3 is 0 Å². The minimum atomic E-state index is 0.0313. The Morgan fingerprint density at radius 2 is 2.13 bits per heavy atom. The molecule has 15 heavy (non-hydrogen) atoms. The van der Waals surface area contributed by atoms with Gasteiger partial charge in [-0.2, -0.15) is 5.26 Å². The molecule has 76 valence electrons. The molecule has 2 nitrogen and oxygen atoms in total. The quantitative estimate of drug-likeness (QED) is 0.726. The number of thioether (sulfide) groups is 1. The van der Waals surface area contributed by atoms with Crippen LogP contribution in [0.2, 0.25) is 0 Å². The molecule has 0 aliphatic carbocycles. The summed E-state index contributed by atoms with van der Waals surface area (Å²) in [4.78, 5) is 11.5. The first-order chi connectivity index (χ1) is 7.34. The minimum Gasteiger partial charge on any atom is -0.281 e. The normalized spacial score (nSPS) is 10.1. The van der Waals surface area contributed by atoms with Gasteiger partial charge < -0.3 is 0 Å². The lowest BCUT2D eigenvalue weighted by molar-refractivity contribution is 0.109. The van der Waals surface area contributed by atoms with Crippen molar-refractivity contribution in [3.63, 3.8) is 0 Å². The molecule has 3 heteroatoms. The summed E-state index contributed by atoms with van der Waals surface area (Å²) in [7, 11) is 0. The van der Waals surface area contributed by atoms with E-state index in [1.54, 1.807) is 17.5 Å². The lowest BCUT2D eigenvalue weighted by atomic mass is 10.2. The summed E-state index contributed by atoms with van der Waals surface area (Å²) in [6.45, 7) is 0. The average molecular weight is 217 g/mol. The van der Waals surface area contributed by atoms with E-state index in [2.05, 4.69) is 0 Å². The summed E-state index contributed by atoms with van der Waals surface area (Å²) in [6, 6.07) is 11.2. The van der Waals surface area contributed by atoms with Crippen LogP contribution < -0.4 is 0 Å². The number of hydrogen-bond donors (Lipinski definition) is 0. The lowest BCUT2D eigenvalue weighted by Gasteiger charge is -1.94. The lowest BCUT2D eigenvalue weighted by Crippen LogP contribution is -1.89. The first-order valence-electron chi connectivity index (χ1n) is 4.62. The van der Waals surface area contributed by atoms with E-state index in [4.69, 9.17) is 5.26 Å². The minimum absolute atomic E-state index is 0.0313. The van der Waals surface area contributed by atoms with Gasteiger partial charge in [-0.15, -0.1) is 0 Å². The van der Waals surface area contributed by atoms with E-state index in [0.29, 0.717) is 18.4 Å². The van der Waals surface area contributed by atoms with Crippen molar-refractivity contribution in [1.29, 1.82) is 5.26 Å². The van der Waals surface area contributed by atoms with Gasteiger partial charge in [0.15, 0.2) is 0 Å². The molecule has 0 amide bonds. The number of nitriles is 1. The summed E-state index contributed by atoms with van der Waals surface area (Å²) < 4.78 is 0. The van der Waals surface area contributed by atoms with Gasteiger partial charge in [-0.1, -0.05) is 48.2 Å². The van der Waals surface area contributed by atoms with Gasteiger partial charge in [-0.05, 0) is 11.8 Å². The maximum absolute atomic E-state index is 11.5. The van der Waals surface area contributed by atoms with Gasteiger partial charge in [0.2, 0.25) is 5.12 Å². The molecule has 1 aromatic rings. The molecule has 0 aliphatic heterocycles. The molecule has 0 saturated heterocycles. The Labute approximate surface area is 93.6 Å². The highest BCUT2D eigenvalue weighted by Gasteiger charge is 2.01. The van der Waals surface area contributed by atoms with E-state index in [1.807, 2.05) is 30.3 Å². The fourth-order valence-electron chi connectivity index (χ4n) is 0.968. The van der Waals surface area contributed by atoms with E-state index >= 15 is 0 Å². The maximum Gasteiger partial charge on any atom is 0.223 e. The van der Waals surface area contributed by atoms with Crippen LogP contribution in [0, 0.1) is 11.3 Å². The fourth-order valence-corrected chi connectivity index (χ4v) is 1.60. The predicted molar refractivity (Wildman–Crippen MR) is 62.4 cm³/mol. The second-order valence-corrected chi connectivity index (χ2v) is 3.72. The van der Waals surface area contributed by atoms with Crippen molar-refractivity contribution in [2.24, 2.45) is 0 Å². The fraction of sp³-hybridized carbons (Fsp3) is 0.167. The van der Waals surface area contributed by atoms with E-state index < -0.39 is 0 Å². The summed E-state index contributed by atoms with van der Waals surface area (Å²) in [5.74, 6) is 0. The highest BCUT2D eigenvalue weighted by molar-refractivity contribution is 8.16. The first-order valence-corrected chi connectivity index (χ1v) is 5.50. The second kappa shape index (κ2) is 6.86. The second-order valence-electron chi connectivity index (χ2n) is 2.84. The van der Waals surface area contributed by atoms with E-state index in [-0.39, 0.29) is 5.12 Å². The topological polar surface area (TPSA) is 40.9 Å². The summed E-state index contributed by atoms with van der Waals surface area (Å²) in [6.07, 6.45) is 3.04. The molecule has 1 aromatic carbocycles. The highest BCUT2D eigenvalue weighted by Crippen LogP contribution is 2.13. The van der Waals surface area contributed by atoms with Gasteiger partial charge in [-0.3, -0.25) is 4.79 Å². The number of benzene rings is 1. The number of carbonyl (C=O) groups excluding carboxylic acids is 1. The number of nitrogens with zero attached hydrogens (tertiary/aromatic N) is 1. The van der Waals surface area contributed by atoms with Crippen molar-refractivity contribution in [3.05, 3.63) is 47.4 Å². The highest BCUT2D eigenvalue weighted by atomic mass is 32.2. The van der Waals surface area contributed by atoms with Gasteiger partial charge in [0, 0.05) is 12.0 Å². The molecular weight excluding hydrogens is 206 g/mol. The van der Waals surface area contributed by atoms with E-state index in [9.17, 15) is 4.79 Å². The molecule has 0 N–H and O–H groups in total. The third kappa shape index (κ3) is 4.48. The van der Waals surface area contributed by atoms with Crippen LogP contribution in [0.25, 0.3) is 0 Å². The average Bonchev–Trinajstić information content (AvgIpc) is 2.30. The standard InChI is InChI=1S/C12H11NOS/c13-9-5-2-6-10-15-12(14)11-7-3-1-4-8-11/h1,3-4,6-8,10H,2,5H2/b10-6+. The largest absolute Gasteiger partial charge is 0.281 e. The number of rotatable bonds is 4. The number of hydrogen-bond acceptors (Lipinski definition) is 3. The molecule has 0 aromatic heterocycles. The van der Waals surface area contributed by atoms with Crippen LogP contribution in [0.4, 0.5) is 0 Å². The van der Waals surface area contributed by atoms with Crippen molar-refractivity contribution >= 4 is 16.9 Å². The van der Waals surface area contributed by atoms with Crippen LogP contribution in [-0.2, 0) is 0 Å². The molecule has 0 bridgehead atoms. The summed E-state index contributed by atoms with van der Waals surface area (Å²) in [5.41, 5.74) is 0.701. The maximum atomic E-state index is 11.5. The zero-order chi connectivity index (χ0) is 10.9. The van der Waals surface area contributed by atoms with Crippen LogP contribution in [0.1, 0.15) is 23.2 Å². The molecule has 0 unspecified atom stereocenters. The zero-order valence-corrected chi connectivity index (χ0v) is 9.04. The van der Waals surface area contributed by atoms with Crippen LogP contribution in [0.3, 0.4) is 0 Å². The van der Waals surface area contributed by atoms with Crippen molar-refractivity contribution in [1.82, 2.24) is 0 Å². The van der Waals surface area contributed by atoms with Crippen molar-refractivity contribution in [2.75, 3.05) is 0 Å². The Bertz CT molecular complexity index is 378.